The van der Waals surface area contributed by atoms with Gasteiger partial charge in [-0.2, -0.15) is 0 Å². The number of hydrogen-bond donors (Lipinski definition) is 1. The first kappa shape index (κ1) is 14.0. The second kappa shape index (κ2) is 6.12. The lowest BCUT2D eigenvalue weighted by Crippen LogP contribution is -2.04. The van der Waals surface area contributed by atoms with E-state index >= 15 is 0 Å². The van der Waals surface area contributed by atoms with Crippen LogP contribution in [0.3, 0.4) is 0 Å². The van der Waals surface area contributed by atoms with Gasteiger partial charge in [-0.05, 0) is 36.7 Å². The Balaban J connectivity index is 2.37. The van der Waals surface area contributed by atoms with Crippen molar-refractivity contribution in [1.82, 2.24) is 0 Å². The molecule has 0 spiro atoms. The maximum atomic E-state index is 13.8. The van der Waals surface area contributed by atoms with Crippen LogP contribution in [0.1, 0.15) is 5.56 Å². The molecule has 0 heterocycles. The lowest BCUT2D eigenvalue weighted by Gasteiger charge is -2.10. The Morgan fingerprint density at radius 1 is 1.00 bits per heavy atom. The molecule has 0 fully saturated rings. The van der Waals surface area contributed by atoms with Gasteiger partial charge in [-0.25, -0.2) is 13.2 Å². The first-order valence-corrected chi connectivity index (χ1v) is 6.54. The van der Waals surface area contributed by atoms with E-state index in [9.17, 15) is 13.2 Å². The minimum Gasteiger partial charge on any atom is -0.330 e. The van der Waals surface area contributed by atoms with Crippen molar-refractivity contribution < 1.29 is 13.2 Å². The highest BCUT2D eigenvalue weighted by molar-refractivity contribution is 7.99. The van der Waals surface area contributed by atoms with E-state index in [0.717, 1.165) is 29.5 Å². The van der Waals surface area contributed by atoms with Crippen LogP contribution in [0.2, 0.25) is 0 Å². The minimum atomic E-state index is -0.702. The summed E-state index contributed by atoms with van der Waals surface area (Å²) in [5.74, 6) is -1.79. The average Bonchev–Trinajstić information content (AvgIpc) is 2.36. The molecule has 100 valence electrons. The van der Waals surface area contributed by atoms with Crippen molar-refractivity contribution >= 4 is 11.8 Å². The van der Waals surface area contributed by atoms with Crippen LogP contribution in [0.5, 0.6) is 0 Å². The summed E-state index contributed by atoms with van der Waals surface area (Å²) in [5.41, 5.74) is 6.19. The van der Waals surface area contributed by atoms with Crippen LogP contribution in [0.4, 0.5) is 13.2 Å². The van der Waals surface area contributed by atoms with Crippen LogP contribution in [0, 0.1) is 17.5 Å². The third-order valence-corrected chi connectivity index (χ3v) is 3.78. The van der Waals surface area contributed by atoms with Crippen molar-refractivity contribution in [2.75, 3.05) is 6.54 Å². The van der Waals surface area contributed by atoms with Gasteiger partial charge in [0.15, 0.2) is 0 Å². The third-order valence-electron chi connectivity index (χ3n) is 2.57. The quantitative estimate of drug-likeness (QED) is 0.924. The van der Waals surface area contributed by atoms with Gasteiger partial charge in [0.05, 0.1) is 4.90 Å². The van der Waals surface area contributed by atoms with Crippen molar-refractivity contribution in [3.8, 4) is 0 Å². The normalized spacial score (nSPS) is 10.7. The first-order valence-electron chi connectivity index (χ1n) is 5.72. The molecule has 0 aliphatic carbocycles. The Morgan fingerprint density at radius 2 is 1.79 bits per heavy atom. The molecule has 1 nitrogen and oxygen atoms in total. The Kier molecular flexibility index (Phi) is 4.50. The van der Waals surface area contributed by atoms with E-state index in [2.05, 4.69) is 0 Å². The zero-order valence-electron chi connectivity index (χ0n) is 10.00. The Hall–Kier alpha value is -1.46. The summed E-state index contributed by atoms with van der Waals surface area (Å²) in [6.45, 7) is 0.378. The summed E-state index contributed by atoms with van der Waals surface area (Å²) in [5, 5.41) is 0. The molecule has 0 unspecified atom stereocenters. The Morgan fingerprint density at radius 3 is 2.47 bits per heavy atom. The standard InChI is InChI=1S/C14H12F3NS/c15-10-4-5-13(12(17)8-10)19-14-9(6-7-18)2-1-3-11(14)16/h1-5,8H,6-7,18H2. The second-order valence-corrected chi connectivity index (χ2v) is 5.00. The molecular weight excluding hydrogens is 271 g/mol. The smallest absolute Gasteiger partial charge is 0.140 e. The Labute approximate surface area is 113 Å². The van der Waals surface area contributed by atoms with E-state index in [1.165, 1.54) is 12.1 Å². The predicted octanol–water partition coefficient (Wildman–Crippen LogP) is 3.76. The lowest BCUT2D eigenvalue weighted by atomic mass is 10.1. The topological polar surface area (TPSA) is 26.0 Å². The molecule has 0 radical (unpaired) electrons. The third kappa shape index (κ3) is 3.30. The monoisotopic (exact) mass is 283 g/mol. The zero-order valence-corrected chi connectivity index (χ0v) is 10.8. The highest BCUT2D eigenvalue weighted by atomic mass is 32.2. The number of benzene rings is 2. The molecule has 0 atom stereocenters. The summed E-state index contributed by atoms with van der Waals surface area (Å²) in [4.78, 5) is 0.517. The molecular formula is C14H12F3NS. The first-order chi connectivity index (χ1) is 9.11. The van der Waals surface area contributed by atoms with Gasteiger partial charge in [0.2, 0.25) is 0 Å². The summed E-state index contributed by atoms with van der Waals surface area (Å²) >= 11 is 0.944. The minimum absolute atomic E-state index is 0.185. The van der Waals surface area contributed by atoms with Crippen LogP contribution in [0.15, 0.2) is 46.2 Å². The lowest BCUT2D eigenvalue weighted by molar-refractivity contribution is 0.565. The van der Waals surface area contributed by atoms with Gasteiger partial charge in [-0.1, -0.05) is 23.9 Å². The largest absolute Gasteiger partial charge is 0.330 e. The molecule has 2 aromatic rings. The van der Waals surface area contributed by atoms with Crippen molar-refractivity contribution in [2.24, 2.45) is 5.73 Å². The van der Waals surface area contributed by atoms with E-state index in [0.29, 0.717) is 17.9 Å². The second-order valence-electron chi connectivity index (χ2n) is 3.94. The fourth-order valence-electron chi connectivity index (χ4n) is 1.69. The highest BCUT2D eigenvalue weighted by Crippen LogP contribution is 2.34. The van der Waals surface area contributed by atoms with Gasteiger partial charge in [0.25, 0.3) is 0 Å². The molecule has 0 saturated carbocycles. The molecule has 2 N–H and O–H groups in total. The maximum absolute atomic E-state index is 13.8. The van der Waals surface area contributed by atoms with Gasteiger partial charge < -0.3 is 5.73 Å². The molecule has 0 amide bonds. The van der Waals surface area contributed by atoms with Gasteiger partial charge in [-0.15, -0.1) is 0 Å². The fourth-order valence-corrected chi connectivity index (χ4v) is 2.67. The molecule has 0 bridgehead atoms. The summed E-state index contributed by atoms with van der Waals surface area (Å²) in [6.07, 6.45) is 0.503. The summed E-state index contributed by atoms with van der Waals surface area (Å²) in [7, 11) is 0. The van der Waals surface area contributed by atoms with E-state index in [4.69, 9.17) is 5.73 Å². The molecule has 0 aliphatic rings. The van der Waals surface area contributed by atoms with Crippen LogP contribution in [0.25, 0.3) is 0 Å². The van der Waals surface area contributed by atoms with Gasteiger partial charge in [0.1, 0.15) is 17.5 Å². The molecule has 19 heavy (non-hydrogen) atoms. The van der Waals surface area contributed by atoms with Crippen LogP contribution in [-0.4, -0.2) is 6.54 Å². The molecule has 0 aromatic heterocycles. The average molecular weight is 283 g/mol. The van der Waals surface area contributed by atoms with Gasteiger partial charge in [-0.3, -0.25) is 0 Å². The van der Waals surface area contributed by atoms with Crippen LogP contribution in [-0.2, 0) is 6.42 Å². The van der Waals surface area contributed by atoms with E-state index in [-0.39, 0.29) is 4.90 Å². The van der Waals surface area contributed by atoms with E-state index in [1.807, 2.05) is 0 Å². The predicted molar refractivity (Wildman–Crippen MR) is 69.6 cm³/mol. The van der Waals surface area contributed by atoms with Crippen LogP contribution < -0.4 is 5.73 Å². The molecule has 0 saturated heterocycles. The molecule has 5 heteroatoms. The van der Waals surface area contributed by atoms with Crippen molar-refractivity contribution in [3.63, 3.8) is 0 Å². The zero-order chi connectivity index (χ0) is 13.8. The number of halogens is 3. The molecule has 2 aromatic carbocycles. The van der Waals surface area contributed by atoms with E-state index < -0.39 is 17.5 Å². The van der Waals surface area contributed by atoms with Crippen molar-refractivity contribution in [1.29, 1.82) is 0 Å². The SMILES string of the molecule is NCCc1cccc(F)c1Sc1ccc(F)cc1F. The number of rotatable bonds is 4. The van der Waals surface area contributed by atoms with Crippen LogP contribution >= 0.6 is 11.8 Å². The highest BCUT2D eigenvalue weighted by Gasteiger charge is 2.12. The maximum Gasteiger partial charge on any atom is 0.140 e. The Bertz CT molecular complexity index is 587. The van der Waals surface area contributed by atoms with Crippen molar-refractivity contribution in [2.45, 2.75) is 16.2 Å². The number of hydrogen-bond acceptors (Lipinski definition) is 2. The molecule has 2 rings (SSSR count). The van der Waals surface area contributed by atoms with Gasteiger partial charge in [0, 0.05) is 11.0 Å². The summed E-state index contributed by atoms with van der Waals surface area (Å²) < 4.78 is 40.2. The van der Waals surface area contributed by atoms with Gasteiger partial charge >= 0.3 is 0 Å². The van der Waals surface area contributed by atoms with Crippen molar-refractivity contribution in [3.05, 3.63) is 59.4 Å². The molecule has 0 aliphatic heterocycles. The summed E-state index contributed by atoms with van der Waals surface area (Å²) in [6, 6.07) is 7.88. The fraction of sp³-hybridized carbons (Fsp3) is 0.143. The number of nitrogens with two attached hydrogens (primary N) is 1. The van der Waals surface area contributed by atoms with E-state index in [1.54, 1.807) is 12.1 Å².